The smallest absolute Gasteiger partial charge is 0.302 e. The van der Waals surface area contributed by atoms with Gasteiger partial charge in [-0.05, 0) is 32.1 Å². The number of nitriles is 2. The van der Waals surface area contributed by atoms with E-state index in [1.807, 2.05) is 0 Å². The van der Waals surface area contributed by atoms with Gasteiger partial charge in [0.2, 0.25) is 0 Å². The van der Waals surface area contributed by atoms with Crippen LogP contribution in [0.5, 0.6) is 0 Å². The normalized spacial score (nSPS) is 12.8. The molecular weight excluding hydrogens is 316 g/mol. The Balaban J connectivity index is 3.89. The number of aliphatic hydroxyl groups is 1. The van der Waals surface area contributed by atoms with Crippen LogP contribution in [0.3, 0.4) is 0 Å². The van der Waals surface area contributed by atoms with Gasteiger partial charge in [0, 0.05) is 19.8 Å². The van der Waals surface area contributed by atoms with Crippen molar-refractivity contribution in [2.24, 2.45) is 0 Å². The quantitative estimate of drug-likeness (QED) is 0.319. The summed E-state index contributed by atoms with van der Waals surface area (Å²) in [7, 11) is 0. The molecule has 0 aromatic carbocycles. The van der Waals surface area contributed by atoms with Gasteiger partial charge in [0.05, 0.1) is 18.2 Å². The second-order valence-electron chi connectivity index (χ2n) is 6.64. The van der Waals surface area contributed by atoms with Gasteiger partial charge in [-0.2, -0.15) is 10.5 Å². The number of esters is 1. The van der Waals surface area contributed by atoms with E-state index >= 15 is 0 Å². The van der Waals surface area contributed by atoms with E-state index in [1.54, 1.807) is 0 Å². The first-order chi connectivity index (χ1) is 12.1. The summed E-state index contributed by atoms with van der Waals surface area (Å²) in [5.41, 5.74) is 0. The van der Waals surface area contributed by atoms with Crippen LogP contribution >= 0.6 is 0 Å². The van der Waals surface area contributed by atoms with E-state index in [4.69, 9.17) is 15.3 Å². The largest absolute Gasteiger partial charge is 0.460 e. The minimum Gasteiger partial charge on any atom is -0.460 e. The number of aliphatic hydroxyl groups excluding tert-OH is 1. The lowest BCUT2D eigenvalue weighted by Crippen LogP contribution is -2.30. The van der Waals surface area contributed by atoms with Crippen LogP contribution < -0.4 is 0 Å². The minimum atomic E-state index is -0.596. The molecule has 0 aromatic heterocycles. The minimum absolute atomic E-state index is 0.338. The second-order valence-corrected chi connectivity index (χ2v) is 6.64. The summed E-state index contributed by atoms with van der Waals surface area (Å²) < 4.78 is 5.30. The predicted octanol–water partition coefficient (Wildman–Crippen LogP) is 4.79. The van der Waals surface area contributed by atoms with Gasteiger partial charge in [-0.15, -0.1) is 0 Å². The molecule has 1 N–H and O–H groups in total. The van der Waals surface area contributed by atoms with Crippen molar-refractivity contribution in [3.8, 4) is 12.1 Å². The summed E-state index contributed by atoms with van der Waals surface area (Å²) in [6.07, 6.45) is 11.7. The molecule has 0 radical (unpaired) electrons. The molecule has 0 saturated carbocycles. The van der Waals surface area contributed by atoms with E-state index in [0.29, 0.717) is 25.7 Å². The van der Waals surface area contributed by atoms with Crippen molar-refractivity contribution in [2.45, 2.75) is 109 Å². The fourth-order valence-corrected chi connectivity index (χ4v) is 2.90. The molecule has 2 atom stereocenters. The molecule has 0 rings (SSSR count). The highest BCUT2D eigenvalue weighted by atomic mass is 16.6. The first-order valence-corrected chi connectivity index (χ1v) is 9.71. The van der Waals surface area contributed by atoms with Gasteiger partial charge >= 0.3 is 5.97 Å². The molecule has 0 saturated heterocycles. The number of nitrogens with zero attached hydrogens (tertiary/aromatic N) is 2. The van der Waals surface area contributed by atoms with E-state index in [2.05, 4.69) is 12.1 Å². The van der Waals surface area contributed by atoms with Gasteiger partial charge in [0.15, 0.2) is 0 Å². The molecule has 142 valence electrons. The Morgan fingerprint density at radius 1 is 0.840 bits per heavy atom. The number of unbranched alkanes of at least 4 members (excludes halogenated alkanes) is 10. The topological polar surface area (TPSA) is 94.1 Å². The summed E-state index contributed by atoms with van der Waals surface area (Å²) in [5.74, 6) is -0.338. The highest BCUT2D eigenvalue weighted by molar-refractivity contribution is 5.66. The van der Waals surface area contributed by atoms with Gasteiger partial charge in [0.1, 0.15) is 6.10 Å². The number of rotatable bonds is 16. The molecule has 0 unspecified atom stereocenters. The Morgan fingerprint density at radius 3 is 1.76 bits per heavy atom. The average Bonchev–Trinajstić information content (AvgIpc) is 2.58. The number of ether oxygens (including phenoxy) is 1. The van der Waals surface area contributed by atoms with Gasteiger partial charge < -0.3 is 9.84 Å². The van der Waals surface area contributed by atoms with E-state index in [0.717, 1.165) is 64.2 Å². The molecule has 25 heavy (non-hydrogen) atoms. The Kier molecular flexibility index (Phi) is 16.1. The van der Waals surface area contributed by atoms with Crippen LogP contribution in [0.1, 0.15) is 96.8 Å². The fraction of sp³-hybridized carbons (Fsp3) is 0.850. The molecular formula is C20H34N2O3. The SMILES string of the molecule is CC(=O)O[C@@H](CCCCCCCC#N)[C@H](O)CCCCCCCC#N. The highest BCUT2D eigenvalue weighted by Gasteiger charge is 2.21. The van der Waals surface area contributed by atoms with Crippen molar-refractivity contribution in [1.82, 2.24) is 0 Å². The number of hydrogen-bond donors (Lipinski definition) is 1. The van der Waals surface area contributed by atoms with Gasteiger partial charge in [-0.3, -0.25) is 4.79 Å². The third-order valence-corrected chi connectivity index (χ3v) is 4.31. The van der Waals surface area contributed by atoms with Crippen LogP contribution in [0.25, 0.3) is 0 Å². The first kappa shape index (κ1) is 23.4. The van der Waals surface area contributed by atoms with Crippen molar-refractivity contribution in [3.63, 3.8) is 0 Å². The molecule has 0 amide bonds. The van der Waals surface area contributed by atoms with Crippen molar-refractivity contribution >= 4 is 5.97 Å². The van der Waals surface area contributed by atoms with Crippen LogP contribution in [-0.2, 0) is 9.53 Å². The summed E-state index contributed by atoms with van der Waals surface area (Å²) in [5, 5.41) is 27.3. The summed E-state index contributed by atoms with van der Waals surface area (Å²) in [4.78, 5) is 11.3. The van der Waals surface area contributed by atoms with Gasteiger partial charge in [0.25, 0.3) is 0 Å². The van der Waals surface area contributed by atoms with E-state index in [1.165, 1.54) is 6.92 Å². The van der Waals surface area contributed by atoms with Gasteiger partial charge in [-0.1, -0.05) is 44.9 Å². The second kappa shape index (κ2) is 17.2. The molecule has 0 aliphatic heterocycles. The van der Waals surface area contributed by atoms with Crippen LogP contribution in [0.4, 0.5) is 0 Å². The molecule has 0 aliphatic carbocycles. The molecule has 5 heteroatoms. The summed E-state index contributed by atoms with van der Waals surface area (Å²) in [6, 6.07) is 4.29. The van der Waals surface area contributed by atoms with E-state index in [9.17, 15) is 9.90 Å². The molecule has 5 nitrogen and oxygen atoms in total. The molecule has 0 heterocycles. The summed E-state index contributed by atoms with van der Waals surface area (Å²) in [6.45, 7) is 1.39. The maximum absolute atomic E-state index is 11.3. The molecule has 0 spiro atoms. The van der Waals surface area contributed by atoms with E-state index in [-0.39, 0.29) is 5.97 Å². The lowest BCUT2D eigenvalue weighted by atomic mass is 9.99. The van der Waals surface area contributed by atoms with Crippen molar-refractivity contribution in [2.75, 3.05) is 0 Å². The summed E-state index contributed by atoms with van der Waals surface area (Å²) >= 11 is 0. The van der Waals surface area contributed by atoms with Crippen molar-refractivity contribution in [3.05, 3.63) is 0 Å². The maximum atomic E-state index is 11.3. The Labute approximate surface area is 153 Å². The lowest BCUT2D eigenvalue weighted by Gasteiger charge is -2.22. The highest BCUT2D eigenvalue weighted by Crippen LogP contribution is 2.17. The van der Waals surface area contributed by atoms with Crippen molar-refractivity contribution in [1.29, 1.82) is 10.5 Å². The number of carbonyl (C=O) groups excluding carboxylic acids is 1. The first-order valence-electron chi connectivity index (χ1n) is 9.71. The molecule has 0 aliphatic rings. The lowest BCUT2D eigenvalue weighted by molar-refractivity contribution is -0.153. The fourth-order valence-electron chi connectivity index (χ4n) is 2.90. The van der Waals surface area contributed by atoms with Crippen LogP contribution in [0, 0.1) is 22.7 Å². The van der Waals surface area contributed by atoms with Crippen LogP contribution in [-0.4, -0.2) is 23.3 Å². The van der Waals surface area contributed by atoms with E-state index < -0.39 is 12.2 Å². The van der Waals surface area contributed by atoms with Crippen molar-refractivity contribution < 1.29 is 14.6 Å². The third-order valence-electron chi connectivity index (χ3n) is 4.31. The molecule has 0 aromatic rings. The van der Waals surface area contributed by atoms with Gasteiger partial charge in [-0.25, -0.2) is 0 Å². The zero-order valence-corrected chi connectivity index (χ0v) is 15.7. The molecule has 0 bridgehead atoms. The number of carbonyl (C=O) groups is 1. The monoisotopic (exact) mass is 350 g/mol. The van der Waals surface area contributed by atoms with Crippen LogP contribution in [0.15, 0.2) is 0 Å². The third kappa shape index (κ3) is 15.7. The molecule has 0 fully saturated rings. The number of hydrogen-bond acceptors (Lipinski definition) is 5. The van der Waals surface area contributed by atoms with Crippen LogP contribution in [0.2, 0.25) is 0 Å². The maximum Gasteiger partial charge on any atom is 0.302 e. The Bertz CT molecular complexity index is 412. The zero-order valence-electron chi connectivity index (χ0n) is 15.7. The Hall–Kier alpha value is -1.59. The Morgan fingerprint density at radius 2 is 1.28 bits per heavy atom. The average molecular weight is 351 g/mol. The standard InChI is InChI=1S/C20H34N2O3/c1-18(23)25-20(15-11-7-3-5-9-13-17-22)19(24)14-10-6-2-4-8-12-16-21/h19-20,24H,2-15H2,1H3/t19-,20+/m1/s1. The predicted molar refractivity (Wildman–Crippen MR) is 97.4 cm³/mol. The zero-order chi connectivity index (χ0) is 18.8.